The normalized spacial score (nSPS) is 1.00. The Bertz CT molecular complexity index is 11.6. The molecule has 0 aromatic rings. The van der Waals surface area contributed by atoms with Gasteiger partial charge in [-0.05, 0) is 0 Å². The Morgan fingerprint density at radius 3 is 1.20 bits per heavy atom. The summed E-state index contributed by atoms with van der Waals surface area (Å²) < 4.78 is 8.25. The topological polar surface area (TPSA) is 17.1 Å². The van der Waals surface area contributed by atoms with Gasteiger partial charge in [-0.3, -0.25) is 0 Å². The Hall–Kier alpha value is 2.40. The molecule has 5 heteroatoms. The molecule has 0 unspecified atom stereocenters. The van der Waals surface area contributed by atoms with Gasteiger partial charge in [0, 0.05) is 60.3 Å². The molecule has 0 heterocycles. The Balaban J connectivity index is -0.00000000167. The van der Waals surface area contributed by atoms with Gasteiger partial charge in [-0.15, -0.1) is 0 Å². The molecule has 5 heavy (non-hydrogen) atoms. The summed E-state index contributed by atoms with van der Waals surface area (Å²) in [6.07, 6.45) is 0. The van der Waals surface area contributed by atoms with Gasteiger partial charge in [0.2, 0.25) is 0 Å². The first kappa shape index (κ1) is 26.2. The average Bonchev–Trinajstić information content (AvgIpc) is 1.00. The maximum Gasteiger partial charge on any atom is 0 e. The number of rotatable bonds is 0. The van der Waals surface area contributed by atoms with Gasteiger partial charge in [-0.25, -0.2) is 0 Å². The molecule has 1 nitrogen and oxygen atoms in total. The maximum atomic E-state index is 8.25. The van der Waals surface area contributed by atoms with Crippen LogP contribution >= 0.6 is 0 Å². The van der Waals surface area contributed by atoms with Crippen LogP contribution in [0.1, 0.15) is 0 Å². The third kappa shape index (κ3) is 21.5. The summed E-state index contributed by atoms with van der Waals surface area (Å²) in [6, 6.07) is 0. The molecule has 0 saturated carbocycles. The van der Waals surface area contributed by atoms with E-state index < -0.39 is 0 Å². The third-order valence-corrected chi connectivity index (χ3v) is 0. The van der Waals surface area contributed by atoms with Crippen molar-refractivity contribution in [3.63, 3.8) is 0 Å². The SMILES string of the molecule is [O]=[Ir].[Os].[Pt].[Ru]. The summed E-state index contributed by atoms with van der Waals surface area (Å²) in [5.41, 5.74) is 0. The van der Waals surface area contributed by atoms with Crippen LogP contribution in [0.15, 0.2) is 0 Å². The molecule has 0 aliphatic carbocycles. The molecular formula is IrOOsPtRu. The van der Waals surface area contributed by atoms with Crippen LogP contribution in [0.4, 0.5) is 0 Å². The first-order chi connectivity index (χ1) is 1.00. The van der Waals surface area contributed by atoms with Crippen LogP contribution in [0.3, 0.4) is 0 Å². The molecular weight excluding hydrogens is 695 g/mol. The van der Waals surface area contributed by atoms with Crippen molar-refractivity contribution in [2.45, 2.75) is 0 Å². The molecule has 0 rings (SSSR count). The van der Waals surface area contributed by atoms with E-state index in [1.165, 1.54) is 0 Å². The smallest absolute Gasteiger partial charge is 0 e. The second-order valence-electron chi connectivity index (χ2n) is 0. The fraction of sp³-hybridized carbons (Fsp3) is 0. The minimum atomic E-state index is 0. The van der Waals surface area contributed by atoms with Crippen molar-refractivity contribution in [1.82, 2.24) is 0 Å². The molecule has 0 aromatic heterocycles. The predicted octanol–water partition coefficient (Wildman–Crippen LogP) is -0.129. The van der Waals surface area contributed by atoms with Crippen LogP contribution in [-0.2, 0) is 82.7 Å². The monoisotopic (exact) mass is 698 g/mol. The van der Waals surface area contributed by atoms with Crippen molar-refractivity contribution in [1.29, 1.82) is 0 Å². The Morgan fingerprint density at radius 1 is 1.20 bits per heavy atom. The van der Waals surface area contributed by atoms with Gasteiger partial charge in [0.05, 0.1) is 0 Å². The second-order valence-corrected chi connectivity index (χ2v) is 0. The summed E-state index contributed by atoms with van der Waals surface area (Å²) in [5.74, 6) is 0. The summed E-state index contributed by atoms with van der Waals surface area (Å²) >= 11 is 0.750. The van der Waals surface area contributed by atoms with E-state index in [9.17, 15) is 0 Å². The molecule has 0 saturated heterocycles. The average molecular weight is 695 g/mol. The zero-order chi connectivity index (χ0) is 2.00. The van der Waals surface area contributed by atoms with Crippen LogP contribution in [-0.4, -0.2) is 0 Å². The molecule has 0 fully saturated rings. The van der Waals surface area contributed by atoms with Gasteiger partial charge in [0.1, 0.15) is 0 Å². The molecule has 0 aromatic carbocycles. The molecule has 0 bridgehead atoms. The molecule has 0 amide bonds. The molecule has 0 aliphatic heterocycles. The fourth-order valence-electron chi connectivity index (χ4n) is 0. The summed E-state index contributed by atoms with van der Waals surface area (Å²) in [7, 11) is 0. The molecule has 0 radical (unpaired) electrons. The van der Waals surface area contributed by atoms with Crippen LogP contribution in [0, 0.1) is 0 Å². The van der Waals surface area contributed by atoms with E-state index in [4.69, 9.17) is 3.50 Å². The van der Waals surface area contributed by atoms with Crippen molar-refractivity contribution in [2.75, 3.05) is 0 Å². The Morgan fingerprint density at radius 2 is 1.20 bits per heavy atom. The summed E-state index contributed by atoms with van der Waals surface area (Å²) in [5, 5.41) is 0. The van der Waals surface area contributed by atoms with Crippen LogP contribution in [0.5, 0.6) is 0 Å². The second kappa shape index (κ2) is 32.4. The molecule has 0 aliphatic rings. The van der Waals surface area contributed by atoms with E-state index in [-0.39, 0.29) is 60.3 Å². The molecule has 0 N–H and O–H groups in total. The van der Waals surface area contributed by atoms with Crippen molar-refractivity contribution >= 4 is 0 Å². The van der Waals surface area contributed by atoms with Crippen LogP contribution in [0.25, 0.3) is 0 Å². The Kier molecular flexibility index (Phi) is 170. The van der Waals surface area contributed by atoms with Crippen LogP contribution in [0.2, 0.25) is 0 Å². The largest absolute Gasteiger partial charge is 0 e. The standard InChI is InChI=1S/Ir.O.Os.Pt.Ru. The molecule has 0 atom stereocenters. The van der Waals surface area contributed by atoms with Gasteiger partial charge >= 0.3 is 22.4 Å². The van der Waals surface area contributed by atoms with E-state index in [1.807, 2.05) is 0 Å². The minimum Gasteiger partial charge on any atom is 0 e. The number of hydrogen-bond acceptors (Lipinski definition) is 1. The summed E-state index contributed by atoms with van der Waals surface area (Å²) in [6.45, 7) is 0. The van der Waals surface area contributed by atoms with E-state index in [1.54, 1.807) is 0 Å². The Labute approximate surface area is 81.6 Å². The van der Waals surface area contributed by atoms with Crippen molar-refractivity contribution in [2.24, 2.45) is 0 Å². The quantitative estimate of drug-likeness (QED) is 0.324. The first-order valence-electron chi connectivity index (χ1n) is 0.136. The predicted molar refractivity (Wildman–Crippen MR) is 0.686 cm³/mol. The van der Waals surface area contributed by atoms with Crippen LogP contribution < -0.4 is 0 Å². The summed E-state index contributed by atoms with van der Waals surface area (Å²) in [4.78, 5) is 0. The zero-order valence-corrected chi connectivity index (χ0v) is 10.7. The first-order valence-corrected chi connectivity index (χ1v) is 1.11. The van der Waals surface area contributed by atoms with Crippen molar-refractivity contribution in [3.05, 3.63) is 0 Å². The van der Waals surface area contributed by atoms with Gasteiger partial charge in [-0.1, -0.05) is 0 Å². The minimum absolute atomic E-state index is 0. The van der Waals surface area contributed by atoms with E-state index in [2.05, 4.69) is 0 Å². The van der Waals surface area contributed by atoms with Crippen molar-refractivity contribution < 1.29 is 82.7 Å². The number of hydrogen-bond donors (Lipinski definition) is 0. The maximum absolute atomic E-state index is 8.25. The van der Waals surface area contributed by atoms with Gasteiger partial charge in [0.15, 0.2) is 0 Å². The van der Waals surface area contributed by atoms with Gasteiger partial charge in [0.25, 0.3) is 0 Å². The van der Waals surface area contributed by atoms with E-state index in [0.717, 1.165) is 18.9 Å². The third-order valence-electron chi connectivity index (χ3n) is 0. The zero-order valence-electron chi connectivity index (χ0n) is 1.76. The fourth-order valence-corrected chi connectivity index (χ4v) is 0. The molecule has 41 valence electrons. The van der Waals surface area contributed by atoms with E-state index >= 15 is 0 Å². The molecule has 0 spiro atoms. The van der Waals surface area contributed by atoms with Crippen molar-refractivity contribution in [3.8, 4) is 0 Å². The van der Waals surface area contributed by atoms with Gasteiger partial charge < -0.3 is 0 Å². The van der Waals surface area contributed by atoms with Gasteiger partial charge in [-0.2, -0.15) is 0 Å². The van der Waals surface area contributed by atoms with E-state index in [0.29, 0.717) is 0 Å².